The van der Waals surface area contributed by atoms with E-state index in [1.54, 1.807) is 0 Å². The molecular weight excluding hydrogens is 115 g/mol. The number of allylic oxidation sites excluding steroid dienone is 3. The normalized spacial score (nSPS) is 19.8. The smallest absolute Gasteiger partial charge is 0.0313 e. The molecule has 1 unspecified atom stereocenters. The van der Waals surface area contributed by atoms with Gasteiger partial charge in [0.1, 0.15) is 0 Å². The molecule has 0 spiro atoms. The quantitative estimate of drug-likeness (QED) is 0.431. The monoisotopic (exact) mass is 122 g/mol. The Labute approximate surface area is 49.9 Å². The van der Waals surface area contributed by atoms with Gasteiger partial charge in [-0.2, -0.15) is 0 Å². The van der Waals surface area contributed by atoms with Gasteiger partial charge in [0.15, 0.2) is 0 Å². The van der Waals surface area contributed by atoms with Crippen LogP contribution in [0.3, 0.4) is 0 Å². The molecule has 0 saturated heterocycles. The lowest BCUT2D eigenvalue weighted by Gasteiger charge is -1.83. The van der Waals surface area contributed by atoms with Gasteiger partial charge in [-0.15, -0.1) is 5.45 Å². The fourth-order valence-corrected chi connectivity index (χ4v) is 1.38. The molecule has 1 heterocycles. The lowest BCUT2D eigenvalue weighted by molar-refractivity contribution is 2.06. The van der Waals surface area contributed by atoms with E-state index in [0.29, 0.717) is 0 Å². The molecule has 0 nitrogen and oxygen atoms in total. The van der Waals surface area contributed by atoms with Gasteiger partial charge >= 0.3 is 0 Å². The second-order valence-electron chi connectivity index (χ2n) is 1.44. The highest BCUT2D eigenvalue weighted by Gasteiger charge is 1.73. The molecule has 40 valence electrons. The summed E-state index contributed by atoms with van der Waals surface area (Å²) < 4.78 is 0. The molecule has 1 atom stereocenters. The molecule has 1 heteroatoms. The number of hydrogen-bond donors (Lipinski definition) is 0. The predicted octanol–water partition coefficient (Wildman–Crippen LogP) is 1.94. The second kappa shape index (κ2) is 2.57. The fourth-order valence-electron chi connectivity index (χ4n) is 0.504. The first-order valence-corrected chi connectivity index (χ1v) is 3.91. The van der Waals surface area contributed by atoms with E-state index in [4.69, 9.17) is 0 Å². The van der Waals surface area contributed by atoms with Crippen LogP contribution in [0.2, 0.25) is 0 Å². The molecule has 0 amide bonds. The van der Waals surface area contributed by atoms with E-state index in [9.17, 15) is 0 Å². The number of hydrogen-bond acceptors (Lipinski definition) is 0. The van der Waals surface area contributed by atoms with Crippen LogP contribution < -0.4 is 0 Å². The van der Waals surface area contributed by atoms with Crippen molar-refractivity contribution in [2.45, 2.75) is 0 Å². The summed E-state index contributed by atoms with van der Waals surface area (Å²) in [7, 11) is -0.223. The van der Waals surface area contributed by atoms with Crippen LogP contribution in [-0.4, -0.2) is 11.2 Å². The van der Waals surface area contributed by atoms with Crippen molar-refractivity contribution < 1.29 is 0 Å². The maximum Gasteiger partial charge on any atom is -0.0313 e. The van der Waals surface area contributed by atoms with Crippen molar-refractivity contribution in [2.24, 2.45) is 0 Å². The Hall–Kier alpha value is -0.700. The van der Waals surface area contributed by atoms with E-state index >= 15 is 0 Å². The minimum absolute atomic E-state index is 0.223. The van der Waals surface area contributed by atoms with Crippen LogP contribution in [0.4, 0.5) is 0 Å². The summed E-state index contributed by atoms with van der Waals surface area (Å²) >= 11 is 0. The Morgan fingerprint density at radius 1 is 1.25 bits per heavy atom. The molecule has 0 radical (unpaired) electrons. The van der Waals surface area contributed by atoms with Crippen LogP contribution in [0, 0.1) is 0 Å². The molecule has 0 aromatic rings. The Morgan fingerprint density at radius 3 is 2.50 bits per heavy atom. The van der Waals surface area contributed by atoms with Crippen LogP contribution in [0.25, 0.3) is 0 Å². The van der Waals surface area contributed by atoms with Gasteiger partial charge in [0.05, 0.1) is 0 Å². The predicted molar refractivity (Wildman–Crippen MR) is 41.9 cm³/mol. The molecular formula is C7H7P. The first-order valence-electron chi connectivity index (χ1n) is 2.43. The molecule has 1 aliphatic heterocycles. The topological polar surface area (TPSA) is 0 Å². The van der Waals surface area contributed by atoms with E-state index in [2.05, 4.69) is 23.6 Å². The SMILES string of the molecule is C=C=P1=CC=CC=C1. The standard InChI is InChI=1S/C7H7P/c1-2-8-6-4-3-5-7-8/h3-7H,1H2. The average molecular weight is 122 g/mol. The van der Waals surface area contributed by atoms with Crippen molar-refractivity contribution in [3.63, 3.8) is 0 Å². The summed E-state index contributed by atoms with van der Waals surface area (Å²) in [6.45, 7) is 3.57. The van der Waals surface area contributed by atoms with E-state index in [-0.39, 0.29) is 7.17 Å². The molecule has 1 aliphatic rings. The van der Waals surface area contributed by atoms with Crippen molar-refractivity contribution >= 4 is 18.4 Å². The van der Waals surface area contributed by atoms with Crippen LogP contribution in [-0.2, 0) is 0 Å². The van der Waals surface area contributed by atoms with Crippen molar-refractivity contribution in [1.82, 2.24) is 0 Å². The minimum Gasteiger partial charge on any atom is -0.102 e. The minimum atomic E-state index is -0.223. The van der Waals surface area contributed by atoms with Gasteiger partial charge in [-0.05, 0) is 11.6 Å². The molecule has 8 heavy (non-hydrogen) atoms. The lowest BCUT2D eigenvalue weighted by atomic mass is 10.5. The van der Waals surface area contributed by atoms with Gasteiger partial charge in [0.2, 0.25) is 0 Å². The van der Waals surface area contributed by atoms with E-state index in [1.807, 2.05) is 18.2 Å². The largest absolute Gasteiger partial charge is 0.102 e. The number of rotatable bonds is 0. The van der Waals surface area contributed by atoms with Crippen molar-refractivity contribution in [2.75, 3.05) is 0 Å². The molecule has 0 aliphatic carbocycles. The summed E-state index contributed by atoms with van der Waals surface area (Å²) in [5.74, 6) is 4.23. The summed E-state index contributed by atoms with van der Waals surface area (Å²) in [6.07, 6.45) is 6.07. The van der Waals surface area contributed by atoms with E-state index < -0.39 is 0 Å². The first-order chi connectivity index (χ1) is 3.93. The molecule has 0 aromatic heterocycles. The van der Waals surface area contributed by atoms with Crippen molar-refractivity contribution in [3.05, 3.63) is 30.6 Å². The molecule has 0 fully saturated rings. The summed E-state index contributed by atoms with van der Waals surface area (Å²) in [6, 6.07) is 0. The van der Waals surface area contributed by atoms with Crippen LogP contribution in [0.5, 0.6) is 0 Å². The van der Waals surface area contributed by atoms with Gasteiger partial charge in [0, 0.05) is 0 Å². The Bertz CT molecular complexity index is 231. The Kier molecular flexibility index (Phi) is 1.75. The third-order valence-electron chi connectivity index (χ3n) is 0.898. The van der Waals surface area contributed by atoms with Gasteiger partial charge < -0.3 is 0 Å². The van der Waals surface area contributed by atoms with E-state index in [0.717, 1.165) is 0 Å². The molecule has 0 bridgehead atoms. The lowest BCUT2D eigenvalue weighted by Crippen LogP contribution is -1.61. The fraction of sp³-hybridized carbons (Fsp3) is 0. The third-order valence-corrected chi connectivity index (χ3v) is 2.25. The Balaban J connectivity index is 3.20. The van der Waals surface area contributed by atoms with Crippen molar-refractivity contribution in [3.8, 4) is 0 Å². The molecule has 0 saturated carbocycles. The van der Waals surface area contributed by atoms with Gasteiger partial charge in [0.25, 0.3) is 0 Å². The summed E-state index contributed by atoms with van der Waals surface area (Å²) in [5.41, 5.74) is 2.93. The molecule has 0 aromatic carbocycles. The first kappa shape index (κ1) is 5.44. The van der Waals surface area contributed by atoms with Crippen LogP contribution in [0.15, 0.2) is 30.6 Å². The zero-order valence-corrected chi connectivity index (χ0v) is 5.44. The highest BCUT2D eigenvalue weighted by atomic mass is 31.1. The summed E-state index contributed by atoms with van der Waals surface area (Å²) in [4.78, 5) is 0. The maximum atomic E-state index is 3.57. The third kappa shape index (κ3) is 1.13. The van der Waals surface area contributed by atoms with Gasteiger partial charge in [-0.25, -0.2) is 0 Å². The Morgan fingerprint density at radius 2 is 2.12 bits per heavy atom. The zero-order valence-electron chi connectivity index (χ0n) is 4.54. The van der Waals surface area contributed by atoms with Gasteiger partial charge in [-0.1, -0.05) is 32.0 Å². The van der Waals surface area contributed by atoms with Crippen molar-refractivity contribution in [1.29, 1.82) is 0 Å². The van der Waals surface area contributed by atoms with Crippen LogP contribution >= 0.6 is 7.17 Å². The highest BCUT2D eigenvalue weighted by molar-refractivity contribution is 7.59. The second-order valence-corrected chi connectivity index (χ2v) is 3.17. The molecule has 0 N–H and O–H groups in total. The highest BCUT2D eigenvalue weighted by Crippen LogP contribution is 2.09. The molecule has 1 rings (SSSR count). The zero-order chi connectivity index (χ0) is 5.82. The maximum absolute atomic E-state index is 3.57. The van der Waals surface area contributed by atoms with Gasteiger partial charge in [-0.3, -0.25) is 0 Å². The van der Waals surface area contributed by atoms with E-state index in [1.165, 1.54) is 0 Å². The average Bonchev–Trinajstić information content (AvgIpc) is 1.90. The van der Waals surface area contributed by atoms with Crippen LogP contribution in [0.1, 0.15) is 0 Å². The summed E-state index contributed by atoms with van der Waals surface area (Å²) in [5, 5.41) is 0.